The molecule has 0 bridgehead atoms. The van der Waals surface area contributed by atoms with Crippen LogP contribution in [-0.4, -0.2) is 25.6 Å². The number of aryl methyl sites for hydroxylation is 2. The second kappa shape index (κ2) is 8.48. The van der Waals surface area contributed by atoms with Crippen LogP contribution in [0.1, 0.15) is 36.3 Å². The van der Waals surface area contributed by atoms with E-state index in [-0.39, 0.29) is 17.2 Å². The lowest BCUT2D eigenvalue weighted by atomic mass is 10.0. The van der Waals surface area contributed by atoms with Gasteiger partial charge in [-0.15, -0.1) is 0 Å². The van der Waals surface area contributed by atoms with Crippen molar-refractivity contribution in [2.45, 2.75) is 32.9 Å². The summed E-state index contributed by atoms with van der Waals surface area (Å²) in [6.45, 7) is 5.16. The first-order chi connectivity index (χ1) is 16.3. The fraction of sp³-hybridized carbons (Fsp3) is 0.280. The summed E-state index contributed by atoms with van der Waals surface area (Å²) in [6, 6.07) is 11.3. The van der Waals surface area contributed by atoms with Crippen LogP contribution in [0.25, 0.3) is 22.5 Å². The Balaban J connectivity index is 1.72. The third-order valence-electron chi connectivity index (χ3n) is 6.07. The van der Waals surface area contributed by atoms with Crippen LogP contribution in [0.5, 0.6) is 0 Å². The zero-order valence-electron chi connectivity index (χ0n) is 19.1. The monoisotopic (exact) mass is 462 g/mol. The van der Waals surface area contributed by atoms with E-state index in [1.807, 2.05) is 19.9 Å². The molecule has 0 radical (unpaired) electrons. The fourth-order valence-electron chi connectivity index (χ4n) is 4.33. The molecule has 1 unspecified atom stereocenters. The zero-order valence-corrected chi connectivity index (χ0v) is 19.1. The van der Waals surface area contributed by atoms with E-state index in [4.69, 9.17) is 4.99 Å². The van der Waals surface area contributed by atoms with Gasteiger partial charge in [-0.3, -0.25) is 9.79 Å². The predicted molar refractivity (Wildman–Crippen MR) is 126 cm³/mol. The second-order valence-electron chi connectivity index (χ2n) is 8.46. The molecule has 3 aliphatic rings. The predicted octanol–water partition coefficient (Wildman–Crippen LogP) is 4.08. The Bertz CT molecular complexity index is 1490. The Morgan fingerprint density at radius 3 is 2.65 bits per heavy atom. The standard InChI is InChI=1S/C25H24F2N6O/c1-14(16-5-4-6-17(11-16)22(26)27)29-23-20-12-19(18-7-8-21(34)32(3)13-18)24-28-9-10-33(24)25(20)31-15(2)30-23/h4-8,11-14,22,28H,9-10H2,1-3H3. The van der Waals surface area contributed by atoms with Crippen molar-refractivity contribution in [3.05, 3.63) is 81.5 Å². The van der Waals surface area contributed by atoms with Gasteiger partial charge in [0.05, 0.1) is 11.6 Å². The van der Waals surface area contributed by atoms with Gasteiger partial charge in [-0.25, -0.2) is 18.7 Å². The van der Waals surface area contributed by atoms with E-state index >= 15 is 0 Å². The highest BCUT2D eigenvalue weighted by Gasteiger charge is 2.24. The number of pyridine rings is 2. The molecule has 0 aliphatic carbocycles. The Morgan fingerprint density at radius 1 is 1.09 bits per heavy atom. The van der Waals surface area contributed by atoms with Gasteiger partial charge in [0.2, 0.25) is 5.56 Å². The highest BCUT2D eigenvalue weighted by molar-refractivity contribution is 5.81. The van der Waals surface area contributed by atoms with Crippen molar-refractivity contribution in [1.82, 2.24) is 19.1 Å². The first kappa shape index (κ1) is 21.9. The Kier molecular flexibility index (Phi) is 5.47. The van der Waals surface area contributed by atoms with Gasteiger partial charge in [0.15, 0.2) is 5.49 Å². The highest BCUT2D eigenvalue weighted by atomic mass is 19.3. The lowest BCUT2D eigenvalue weighted by Gasteiger charge is -2.18. The molecule has 5 rings (SSSR count). The summed E-state index contributed by atoms with van der Waals surface area (Å²) < 4.78 is 30.1. The smallest absolute Gasteiger partial charge is 0.263 e. The number of benzene rings is 1. The van der Waals surface area contributed by atoms with E-state index in [2.05, 4.69) is 19.9 Å². The molecule has 4 heterocycles. The molecule has 1 aromatic carbocycles. The molecule has 9 heteroatoms. The van der Waals surface area contributed by atoms with Crippen LogP contribution in [0.2, 0.25) is 0 Å². The molecular formula is C25H24F2N6O. The van der Waals surface area contributed by atoms with Crippen LogP contribution < -0.4 is 16.4 Å². The average Bonchev–Trinajstić information content (AvgIpc) is 3.31. The van der Waals surface area contributed by atoms with E-state index in [0.29, 0.717) is 16.9 Å². The number of alkyl halides is 2. The molecule has 0 saturated carbocycles. The molecule has 0 saturated heterocycles. The number of rotatable bonds is 4. The van der Waals surface area contributed by atoms with E-state index in [0.717, 1.165) is 41.4 Å². The molecule has 1 N–H and O–H groups in total. The molecule has 7 nitrogen and oxygen atoms in total. The SMILES string of the molecule is Cc1nc2n3c(c(-c4ccc(=O)n(C)c4)cc-2c(=NC(C)c2cccc(C(F)F)c2)n1)NCC3. The Hall–Kier alpha value is -3.88. The third-order valence-corrected chi connectivity index (χ3v) is 6.07. The maximum absolute atomic E-state index is 13.2. The molecule has 3 aliphatic heterocycles. The van der Waals surface area contributed by atoms with Gasteiger partial charge in [0.1, 0.15) is 17.5 Å². The van der Waals surface area contributed by atoms with Gasteiger partial charge in [-0.05, 0) is 37.6 Å². The lowest BCUT2D eigenvalue weighted by molar-refractivity contribution is 0.151. The van der Waals surface area contributed by atoms with Crippen LogP contribution in [0.4, 0.5) is 14.6 Å². The number of anilines is 1. The molecular weight excluding hydrogens is 438 g/mol. The van der Waals surface area contributed by atoms with Crippen molar-refractivity contribution >= 4 is 5.82 Å². The van der Waals surface area contributed by atoms with E-state index in [1.54, 1.807) is 42.1 Å². The van der Waals surface area contributed by atoms with Gasteiger partial charge < -0.3 is 14.5 Å². The Labute approximate surface area is 194 Å². The van der Waals surface area contributed by atoms with Crippen LogP contribution in [0, 0.1) is 6.92 Å². The number of aromatic nitrogens is 4. The van der Waals surface area contributed by atoms with Crippen LogP contribution in [0.15, 0.2) is 58.4 Å². The molecule has 1 atom stereocenters. The number of fused-ring (bicyclic) bond motifs is 3. The van der Waals surface area contributed by atoms with Gasteiger partial charge in [-0.2, -0.15) is 0 Å². The van der Waals surface area contributed by atoms with Gasteiger partial charge >= 0.3 is 0 Å². The average molecular weight is 463 g/mol. The zero-order chi connectivity index (χ0) is 24.0. The maximum Gasteiger partial charge on any atom is 0.263 e. The molecule has 34 heavy (non-hydrogen) atoms. The van der Waals surface area contributed by atoms with E-state index in [9.17, 15) is 13.6 Å². The van der Waals surface area contributed by atoms with Crippen molar-refractivity contribution in [2.24, 2.45) is 12.0 Å². The minimum absolute atomic E-state index is 0.0281. The summed E-state index contributed by atoms with van der Waals surface area (Å²) in [5, 5.41) is 3.43. The van der Waals surface area contributed by atoms with Gasteiger partial charge in [-0.1, -0.05) is 18.2 Å². The summed E-state index contributed by atoms with van der Waals surface area (Å²) in [6.07, 6.45) is -0.737. The molecule has 0 amide bonds. The number of nitrogens with one attached hydrogen (secondary N) is 1. The third kappa shape index (κ3) is 3.87. The van der Waals surface area contributed by atoms with E-state index in [1.165, 1.54) is 12.1 Å². The van der Waals surface area contributed by atoms with Crippen LogP contribution in [0.3, 0.4) is 0 Å². The van der Waals surface area contributed by atoms with Crippen molar-refractivity contribution in [1.29, 1.82) is 0 Å². The Morgan fingerprint density at radius 2 is 1.88 bits per heavy atom. The highest BCUT2D eigenvalue weighted by Crippen LogP contribution is 2.35. The summed E-state index contributed by atoms with van der Waals surface area (Å²) in [7, 11) is 1.72. The minimum Gasteiger partial charge on any atom is -0.369 e. The normalized spacial score (nSPS) is 14.5. The summed E-state index contributed by atoms with van der Waals surface area (Å²) in [5.41, 5.74) is 3.64. The molecule has 2 aromatic rings. The van der Waals surface area contributed by atoms with Crippen molar-refractivity contribution in [3.8, 4) is 22.5 Å². The van der Waals surface area contributed by atoms with Crippen molar-refractivity contribution in [3.63, 3.8) is 0 Å². The molecule has 0 spiro atoms. The molecule has 174 valence electrons. The molecule has 0 fully saturated rings. The topological polar surface area (TPSA) is 77.1 Å². The van der Waals surface area contributed by atoms with Gasteiger partial charge in [0, 0.05) is 49.1 Å². The number of hydrogen-bond acceptors (Lipinski definition) is 5. The van der Waals surface area contributed by atoms with Crippen molar-refractivity contribution < 1.29 is 8.78 Å². The quantitative estimate of drug-likeness (QED) is 0.496. The number of hydrogen-bond donors (Lipinski definition) is 1. The van der Waals surface area contributed by atoms with Crippen LogP contribution in [-0.2, 0) is 13.6 Å². The van der Waals surface area contributed by atoms with E-state index < -0.39 is 6.43 Å². The fourth-order valence-corrected chi connectivity index (χ4v) is 4.33. The van der Waals surface area contributed by atoms with Crippen LogP contribution >= 0.6 is 0 Å². The lowest BCUT2D eigenvalue weighted by Crippen LogP contribution is -2.21. The summed E-state index contributed by atoms with van der Waals surface area (Å²) >= 11 is 0. The number of nitrogens with zero attached hydrogens (tertiary/aromatic N) is 5. The minimum atomic E-state index is -2.54. The first-order valence-corrected chi connectivity index (χ1v) is 11.1. The van der Waals surface area contributed by atoms with Gasteiger partial charge in [0.25, 0.3) is 6.43 Å². The summed E-state index contributed by atoms with van der Waals surface area (Å²) in [5.74, 6) is 2.26. The number of halogens is 2. The van der Waals surface area contributed by atoms with Crippen molar-refractivity contribution in [2.75, 3.05) is 11.9 Å². The molecule has 1 aromatic heterocycles. The maximum atomic E-state index is 13.2. The largest absolute Gasteiger partial charge is 0.369 e. The summed E-state index contributed by atoms with van der Waals surface area (Å²) in [4.78, 5) is 26.0. The second-order valence-corrected chi connectivity index (χ2v) is 8.46. The first-order valence-electron chi connectivity index (χ1n) is 11.1.